The first-order valence-electron chi connectivity index (χ1n) is 5.12. The van der Waals surface area contributed by atoms with Crippen molar-refractivity contribution in [3.63, 3.8) is 0 Å². The molecule has 0 aromatic heterocycles. The normalized spacial score (nSPS) is 17.4. The van der Waals surface area contributed by atoms with Crippen LogP contribution in [0.2, 0.25) is 0 Å². The summed E-state index contributed by atoms with van der Waals surface area (Å²) in [6.45, 7) is 3.96. The van der Waals surface area contributed by atoms with Crippen molar-refractivity contribution >= 4 is 5.97 Å². The van der Waals surface area contributed by atoms with Crippen LogP contribution in [0.4, 0.5) is 0 Å². The minimum atomic E-state index is -0.997. The highest BCUT2D eigenvalue weighted by atomic mass is 16.4. The van der Waals surface area contributed by atoms with Crippen molar-refractivity contribution in [2.45, 2.75) is 45.3 Å². The molecule has 0 heterocycles. The highest BCUT2D eigenvalue weighted by Crippen LogP contribution is 2.15. The van der Waals surface area contributed by atoms with E-state index in [0.29, 0.717) is 0 Å². The Morgan fingerprint density at radius 1 is 1.50 bits per heavy atom. The maximum absolute atomic E-state index is 10.7. The van der Waals surface area contributed by atoms with Crippen LogP contribution in [-0.4, -0.2) is 35.4 Å². The van der Waals surface area contributed by atoms with E-state index in [4.69, 9.17) is 5.11 Å². The number of aliphatic hydroxyl groups is 1. The molecule has 0 fully saturated rings. The summed E-state index contributed by atoms with van der Waals surface area (Å²) in [5.41, 5.74) is 0. The van der Waals surface area contributed by atoms with Gasteiger partial charge in [0.1, 0.15) is 6.04 Å². The standard InChI is InChI=1S/C10H21NO3/c1-4-5-6-7(2)9(12)8(11-3)10(13)14/h7-9,11-12H,4-6H2,1-3H3,(H,13,14)/t7-,8+,9-/m1/s1. The Morgan fingerprint density at radius 2 is 2.07 bits per heavy atom. The number of unbranched alkanes of at least 4 members (excludes halogenated alkanes) is 1. The van der Waals surface area contributed by atoms with Crippen LogP contribution in [0.5, 0.6) is 0 Å². The molecule has 0 aromatic carbocycles. The van der Waals surface area contributed by atoms with Gasteiger partial charge in [0.25, 0.3) is 0 Å². The Bertz CT molecular complexity index is 173. The molecule has 0 bridgehead atoms. The molecule has 14 heavy (non-hydrogen) atoms. The van der Waals surface area contributed by atoms with Crippen LogP contribution in [0.3, 0.4) is 0 Å². The number of rotatable bonds is 7. The van der Waals surface area contributed by atoms with E-state index in [1.165, 1.54) is 0 Å². The maximum Gasteiger partial charge on any atom is 0.323 e. The first-order chi connectivity index (χ1) is 6.54. The second-order valence-corrected chi connectivity index (χ2v) is 3.71. The Kier molecular flexibility index (Phi) is 6.49. The monoisotopic (exact) mass is 203 g/mol. The number of carboxylic acid groups (broad SMARTS) is 1. The molecule has 0 aromatic rings. The van der Waals surface area contributed by atoms with Crippen LogP contribution in [-0.2, 0) is 4.79 Å². The zero-order valence-electron chi connectivity index (χ0n) is 9.16. The topological polar surface area (TPSA) is 69.6 Å². The number of carboxylic acids is 1. The molecule has 0 saturated carbocycles. The Hall–Kier alpha value is -0.610. The average molecular weight is 203 g/mol. The third kappa shape index (κ3) is 4.07. The van der Waals surface area contributed by atoms with Crippen molar-refractivity contribution in [2.75, 3.05) is 7.05 Å². The Labute approximate surface area is 85.3 Å². The van der Waals surface area contributed by atoms with Gasteiger partial charge in [0.05, 0.1) is 6.10 Å². The van der Waals surface area contributed by atoms with Crippen molar-refractivity contribution < 1.29 is 15.0 Å². The van der Waals surface area contributed by atoms with E-state index in [9.17, 15) is 9.90 Å². The van der Waals surface area contributed by atoms with Gasteiger partial charge < -0.3 is 15.5 Å². The third-order valence-corrected chi connectivity index (χ3v) is 2.51. The summed E-state index contributed by atoms with van der Waals surface area (Å²) in [5.74, 6) is -0.980. The fourth-order valence-electron chi connectivity index (χ4n) is 1.47. The van der Waals surface area contributed by atoms with Gasteiger partial charge in [-0.2, -0.15) is 0 Å². The molecule has 0 rings (SSSR count). The number of hydrogen-bond acceptors (Lipinski definition) is 3. The van der Waals surface area contributed by atoms with Gasteiger partial charge in [0.15, 0.2) is 0 Å². The zero-order chi connectivity index (χ0) is 11.1. The van der Waals surface area contributed by atoms with Crippen LogP contribution in [0, 0.1) is 5.92 Å². The number of carbonyl (C=O) groups is 1. The van der Waals surface area contributed by atoms with Crippen molar-refractivity contribution in [3.8, 4) is 0 Å². The molecular weight excluding hydrogens is 182 g/mol. The molecule has 3 atom stereocenters. The van der Waals surface area contributed by atoms with E-state index in [0.717, 1.165) is 19.3 Å². The molecule has 4 heteroatoms. The highest BCUT2D eigenvalue weighted by molar-refractivity contribution is 5.74. The van der Waals surface area contributed by atoms with Crippen molar-refractivity contribution in [2.24, 2.45) is 5.92 Å². The fraction of sp³-hybridized carbons (Fsp3) is 0.900. The van der Waals surface area contributed by atoms with E-state index in [2.05, 4.69) is 12.2 Å². The van der Waals surface area contributed by atoms with Gasteiger partial charge in [0.2, 0.25) is 0 Å². The molecule has 0 unspecified atom stereocenters. The number of aliphatic carboxylic acids is 1. The molecule has 0 aliphatic carbocycles. The number of nitrogens with one attached hydrogen (secondary N) is 1. The summed E-state index contributed by atoms with van der Waals surface area (Å²) in [6, 6.07) is -0.859. The van der Waals surface area contributed by atoms with Crippen LogP contribution in [0.1, 0.15) is 33.1 Å². The molecule has 84 valence electrons. The largest absolute Gasteiger partial charge is 0.480 e. The second-order valence-electron chi connectivity index (χ2n) is 3.71. The van der Waals surface area contributed by atoms with Crippen LogP contribution >= 0.6 is 0 Å². The SMILES string of the molecule is CCCC[C@@H](C)[C@@H](O)[C@H](NC)C(=O)O. The Balaban J connectivity index is 4.12. The van der Waals surface area contributed by atoms with E-state index >= 15 is 0 Å². The molecular formula is C10H21NO3. The van der Waals surface area contributed by atoms with Gasteiger partial charge >= 0.3 is 5.97 Å². The van der Waals surface area contributed by atoms with Crippen LogP contribution in [0.15, 0.2) is 0 Å². The molecule has 0 aliphatic heterocycles. The van der Waals surface area contributed by atoms with Crippen molar-refractivity contribution in [3.05, 3.63) is 0 Å². The predicted molar refractivity (Wildman–Crippen MR) is 55.2 cm³/mol. The third-order valence-electron chi connectivity index (χ3n) is 2.51. The van der Waals surface area contributed by atoms with Crippen molar-refractivity contribution in [1.82, 2.24) is 5.32 Å². The maximum atomic E-state index is 10.7. The molecule has 4 nitrogen and oxygen atoms in total. The summed E-state index contributed by atoms with van der Waals surface area (Å²) < 4.78 is 0. The number of aliphatic hydroxyl groups excluding tert-OH is 1. The van der Waals surface area contributed by atoms with E-state index < -0.39 is 18.1 Å². The first-order valence-corrected chi connectivity index (χ1v) is 5.12. The van der Waals surface area contributed by atoms with Gasteiger partial charge in [-0.05, 0) is 19.4 Å². The van der Waals surface area contributed by atoms with E-state index in [1.807, 2.05) is 6.92 Å². The lowest BCUT2D eigenvalue weighted by atomic mass is 9.93. The minimum Gasteiger partial charge on any atom is -0.480 e. The second kappa shape index (κ2) is 6.79. The quantitative estimate of drug-likeness (QED) is 0.573. The summed E-state index contributed by atoms with van der Waals surface area (Å²) in [6.07, 6.45) is 2.13. The number of hydrogen-bond donors (Lipinski definition) is 3. The average Bonchev–Trinajstić information content (AvgIpc) is 2.14. The molecule has 0 aliphatic rings. The van der Waals surface area contributed by atoms with Gasteiger partial charge in [-0.1, -0.05) is 26.7 Å². The smallest absolute Gasteiger partial charge is 0.323 e. The van der Waals surface area contributed by atoms with Crippen molar-refractivity contribution in [1.29, 1.82) is 0 Å². The molecule has 0 saturated heterocycles. The molecule has 0 spiro atoms. The van der Waals surface area contributed by atoms with Gasteiger partial charge in [-0.3, -0.25) is 4.79 Å². The van der Waals surface area contributed by atoms with Gasteiger partial charge in [-0.15, -0.1) is 0 Å². The number of likely N-dealkylation sites (N-methyl/N-ethyl adjacent to an activating group) is 1. The highest BCUT2D eigenvalue weighted by Gasteiger charge is 2.28. The van der Waals surface area contributed by atoms with Crippen LogP contribution < -0.4 is 5.32 Å². The fourth-order valence-corrected chi connectivity index (χ4v) is 1.47. The van der Waals surface area contributed by atoms with E-state index in [1.54, 1.807) is 7.05 Å². The Morgan fingerprint density at radius 3 is 2.43 bits per heavy atom. The summed E-state index contributed by atoms with van der Waals surface area (Å²) in [7, 11) is 1.55. The minimum absolute atomic E-state index is 0.0171. The summed E-state index contributed by atoms with van der Waals surface area (Å²) in [5, 5.41) is 21.1. The summed E-state index contributed by atoms with van der Waals surface area (Å²) in [4.78, 5) is 10.7. The lowest BCUT2D eigenvalue weighted by molar-refractivity contribution is -0.143. The zero-order valence-corrected chi connectivity index (χ0v) is 9.16. The lowest BCUT2D eigenvalue weighted by Gasteiger charge is -2.24. The van der Waals surface area contributed by atoms with Gasteiger partial charge in [0, 0.05) is 0 Å². The predicted octanol–water partition coefficient (Wildman–Crippen LogP) is 0.846. The molecule has 3 N–H and O–H groups in total. The molecule has 0 radical (unpaired) electrons. The van der Waals surface area contributed by atoms with Crippen LogP contribution in [0.25, 0.3) is 0 Å². The first kappa shape index (κ1) is 13.4. The molecule has 0 amide bonds. The van der Waals surface area contributed by atoms with Gasteiger partial charge in [-0.25, -0.2) is 0 Å². The van der Waals surface area contributed by atoms with E-state index in [-0.39, 0.29) is 5.92 Å². The summed E-state index contributed by atoms with van der Waals surface area (Å²) >= 11 is 0. The lowest BCUT2D eigenvalue weighted by Crippen LogP contribution is -2.47.